The van der Waals surface area contributed by atoms with Crippen LogP contribution in [0.4, 0.5) is 0 Å². The van der Waals surface area contributed by atoms with E-state index in [1.54, 1.807) is 0 Å². The first kappa shape index (κ1) is 24.9. The Morgan fingerprint density at radius 3 is 1.77 bits per heavy atom. The topological polar surface area (TPSA) is 0 Å². The van der Waals surface area contributed by atoms with E-state index >= 15 is 0 Å². The molecule has 0 aromatic heterocycles. The maximum absolute atomic E-state index is 2.46. The average Bonchev–Trinajstić information content (AvgIpc) is 3.17. The first-order chi connectivity index (χ1) is 19.2. The van der Waals surface area contributed by atoms with Crippen LogP contribution in [0, 0.1) is 34.6 Å². The lowest BCUT2D eigenvalue weighted by atomic mass is 9.80. The fourth-order valence-corrected chi connectivity index (χ4v) is 7.34. The molecule has 6 aromatic rings. The van der Waals surface area contributed by atoms with Gasteiger partial charge < -0.3 is 0 Å². The monoisotopic (exact) mass is 516 g/mol. The summed E-state index contributed by atoms with van der Waals surface area (Å²) in [5.74, 6) is 0. The minimum atomic E-state index is 0.00706. The summed E-state index contributed by atoms with van der Waals surface area (Å²) in [4.78, 5) is 0. The lowest BCUT2D eigenvalue weighted by Crippen LogP contribution is -2.14. The summed E-state index contributed by atoms with van der Waals surface area (Å²) in [6.45, 7) is 16.0. The molecule has 0 nitrogen and oxygen atoms in total. The van der Waals surface area contributed by atoms with Gasteiger partial charge in [0.25, 0.3) is 0 Å². The highest BCUT2D eigenvalue weighted by atomic mass is 14.4. The van der Waals surface area contributed by atoms with Crippen LogP contribution in [0.1, 0.15) is 52.8 Å². The van der Waals surface area contributed by atoms with Crippen molar-refractivity contribution >= 4 is 21.5 Å². The van der Waals surface area contributed by atoms with E-state index in [9.17, 15) is 0 Å². The molecule has 0 atom stereocenters. The van der Waals surface area contributed by atoms with Gasteiger partial charge in [-0.3, -0.25) is 0 Å². The van der Waals surface area contributed by atoms with E-state index in [2.05, 4.69) is 139 Å². The van der Waals surface area contributed by atoms with Crippen molar-refractivity contribution < 1.29 is 0 Å². The van der Waals surface area contributed by atoms with Gasteiger partial charge in [-0.25, -0.2) is 0 Å². The predicted octanol–water partition coefficient (Wildman–Crippen LogP) is 11.2. The van der Waals surface area contributed by atoms with Crippen molar-refractivity contribution in [2.75, 3.05) is 0 Å². The Bertz CT molecular complexity index is 1990. The zero-order valence-electron chi connectivity index (χ0n) is 24.7. The molecule has 1 aliphatic rings. The third kappa shape index (κ3) is 3.38. The van der Waals surface area contributed by atoms with Crippen molar-refractivity contribution in [3.63, 3.8) is 0 Å². The second kappa shape index (κ2) is 8.67. The van der Waals surface area contributed by atoms with Crippen LogP contribution in [0.15, 0.2) is 91.0 Å². The molecule has 0 heterocycles. The highest BCUT2D eigenvalue weighted by Crippen LogP contribution is 2.51. The Morgan fingerprint density at radius 2 is 1.05 bits per heavy atom. The molecule has 1 aliphatic carbocycles. The van der Waals surface area contributed by atoms with Gasteiger partial charge in [-0.15, -0.1) is 0 Å². The fraction of sp³-hybridized carbons (Fsp3) is 0.200. The van der Waals surface area contributed by atoms with Crippen molar-refractivity contribution in [3.05, 3.63) is 130 Å². The Balaban J connectivity index is 1.63. The molecular formula is C40H36. The molecule has 0 fully saturated rings. The summed E-state index contributed by atoms with van der Waals surface area (Å²) < 4.78 is 0. The molecule has 0 bridgehead atoms. The maximum atomic E-state index is 2.46. The summed E-state index contributed by atoms with van der Waals surface area (Å²) in [6.07, 6.45) is 0. The van der Waals surface area contributed by atoms with E-state index in [1.807, 2.05) is 0 Å². The van der Waals surface area contributed by atoms with Gasteiger partial charge in [-0.05, 0) is 129 Å². The van der Waals surface area contributed by atoms with Crippen LogP contribution in [-0.4, -0.2) is 0 Å². The Labute approximate surface area is 238 Å². The van der Waals surface area contributed by atoms with Gasteiger partial charge in [0.15, 0.2) is 0 Å². The minimum absolute atomic E-state index is 0.00706. The Hall–Kier alpha value is -4.16. The molecule has 0 amide bonds. The first-order valence-electron chi connectivity index (χ1n) is 14.5. The zero-order valence-corrected chi connectivity index (χ0v) is 24.7. The molecule has 0 saturated heterocycles. The standard InChI is InChI=1S/C40H36/c1-23-16-18-32-34(20-23)38(28-17-19-36-33(22-28)29-12-10-11-15-35(29)40(36,6)7)30-13-8-9-14-31(30)39(32)37-26(4)24(2)21-25(3)27(37)5/h8-22H,1-7H3. The molecule has 40 heavy (non-hydrogen) atoms. The van der Waals surface area contributed by atoms with Crippen molar-refractivity contribution in [3.8, 4) is 33.4 Å². The van der Waals surface area contributed by atoms with Crippen molar-refractivity contribution in [2.24, 2.45) is 0 Å². The normalized spacial score (nSPS) is 13.6. The summed E-state index contributed by atoms with van der Waals surface area (Å²) in [6, 6.07) is 34.6. The SMILES string of the molecule is Cc1ccc2c(-c3c(C)c(C)cc(C)c3C)c3ccccc3c(-c3ccc4c(c3)-c3ccccc3C4(C)C)c2c1. The second-order valence-electron chi connectivity index (χ2n) is 12.4. The predicted molar refractivity (Wildman–Crippen MR) is 174 cm³/mol. The van der Waals surface area contributed by atoms with E-state index in [0.717, 1.165) is 0 Å². The fourth-order valence-electron chi connectivity index (χ4n) is 7.34. The zero-order chi connectivity index (χ0) is 27.9. The van der Waals surface area contributed by atoms with E-state index in [-0.39, 0.29) is 5.41 Å². The smallest absolute Gasteiger partial charge is 0.0158 e. The molecular weight excluding hydrogens is 480 g/mol. The molecule has 0 spiro atoms. The van der Waals surface area contributed by atoms with Crippen LogP contribution in [0.3, 0.4) is 0 Å². The first-order valence-corrected chi connectivity index (χ1v) is 14.5. The molecule has 6 aromatic carbocycles. The third-order valence-electron chi connectivity index (χ3n) is 9.67. The van der Waals surface area contributed by atoms with Gasteiger partial charge in [-0.2, -0.15) is 0 Å². The summed E-state index contributed by atoms with van der Waals surface area (Å²) in [5.41, 5.74) is 17.7. The number of fused-ring (bicyclic) bond motifs is 5. The summed E-state index contributed by atoms with van der Waals surface area (Å²) >= 11 is 0. The van der Waals surface area contributed by atoms with Gasteiger partial charge in [0.2, 0.25) is 0 Å². The molecule has 7 rings (SSSR count). The van der Waals surface area contributed by atoms with Crippen molar-refractivity contribution in [1.29, 1.82) is 0 Å². The molecule has 0 unspecified atom stereocenters. The third-order valence-corrected chi connectivity index (χ3v) is 9.67. The summed E-state index contributed by atoms with van der Waals surface area (Å²) in [7, 11) is 0. The van der Waals surface area contributed by atoms with Crippen LogP contribution < -0.4 is 0 Å². The highest BCUT2D eigenvalue weighted by molar-refractivity contribution is 6.22. The molecule has 0 aliphatic heterocycles. The Kier molecular flexibility index (Phi) is 5.39. The van der Waals surface area contributed by atoms with E-state index in [1.165, 1.54) is 93.9 Å². The van der Waals surface area contributed by atoms with Gasteiger partial charge in [0.1, 0.15) is 0 Å². The lowest BCUT2D eigenvalue weighted by molar-refractivity contribution is 0.660. The van der Waals surface area contributed by atoms with Gasteiger partial charge in [-0.1, -0.05) is 104 Å². The van der Waals surface area contributed by atoms with Gasteiger partial charge in [0.05, 0.1) is 0 Å². The van der Waals surface area contributed by atoms with Crippen LogP contribution in [0.25, 0.3) is 54.9 Å². The number of aryl methyl sites for hydroxylation is 3. The molecule has 0 heteroatoms. The number of rotatable bonds is 2. The van der Waals surface area contributed by atoms with Crippen LogP contribution in [0.2, 0.25) is 0 Å². The minimum Gasteiger partial charge on any atom is -0.0619 e. The lowest BCUT2D eigenvalue weighted by Gasteiger charge is -2.23. The molecule has 0 N–H and O–H groups in total. The number of benzene rings is 6. The van der Waals surface area contributed by atoms with Crippen LogP contribution >= 0.6 is 0 Å². The second-order valence-corrected chi connectivity index (χ2v) is 12.4. The quantitative estimate of drug-likeness (QED) is 0.201. The largest absolute Gasteiger partial charge is 0.0619 e. The maximum Gasteiger partial charge on any atom is 0.0158 e. The van der Waals surface area contributed by atoms with Crippen molar-refractivity contribution in [1.82, 2.24) is 0 Å². The van der Waals surface area contributed by atoms with E-state index < -0.39 is 0 Å². The van der Waals surface area contributed by atoms with E-state index in [0.29, 0.717) is 0 Å². The number of hydrogen-bond acceptors (Lipinski definition) is 0. The van der Waals surface area contributed by atoms with E-state index in [4.69, 9.17) is 0 Å². The van der Waals surface area contributed by atoms with Gasteiger partial charge in [0, 0.05) is 5.41 Å². The highest BCUT2D eigenvalue weighted by Gasteiger charge is 2.35. The molecule has 0 radical (unpaired) electrons. The van der Waals surface area contributed by atoms with Gasteiger partial charge >= 0.3 is 0 Å². The average molecular weight is 517 g/mol. The molecule has 196 valence electrons. The summed E-state index contributed by atoms with van der Waals surface area (Å²) in [5, 5.41) is 5.30. The van der Waals surface area contributed by atoms with Crippen molar-refractivity contribution in [2.45, 2.75) is 53.9 Å². The number of hydrogen-bond donors (Lipinski definition) is 0. The van der Waals surface area contributed by atoms with Crippen LogP contribution in [0.5, 0.6) is 0 Å². The Morgan fingerprint density at radius 1 is 0.450 bits per heavy atom. The van der Waals surface area contributed by atoms with Crippen LogP contribution in [-0.2, 0) is 5.41 Å². The molecule has 0 saturated carbocycles.